The zero-order chi connectivity index (χ0) is 18.1. The third-order valence-electron chi connectivity index (χ3n) is 4.86. The van der Waals surface area contributed by atoms with Crippen molar-refractivity contribution in [3.63, 3.8) is 0 Å². The fourth-order valence-corrected chi connectivity index (χ4v) is 3.36. The quantitative estimate of drug-likeness (QED) is 0.894. The lowest BCUT2D eigenvalue weighted by molar-refractivity contribution is -0.125. The molecule has 1 atom stereocenters. The molecule has 1 unspecified atom stereocenters. The standard InChI is InChI=1S/C19H25N3O3/c1-12(2)9-10-22-11-14-16(18(22)23)17(20-19(24)21(14)3)13-7-5-6-8-15(13)25-4/h5-8,12,17H,9-11H2,1-4H3,(H,20,24). The van der Waals surface area contributed by atoms with Gasteiger partial charge in [-0.15, -0.1) is 0 Å². The summed E-state index contributed by atoms with van der Waals surface area (Å²) in [6.07, 6.45) is 0.941. The number of ether oxygens (including phenoxy) is 1. The molecule has 3 amide bonds. The number of para-hydroxylation sites is 1. The highest BCUT2D eigenvalue weighted by Crippen LogP contribution is 2.38. The average Bonchev–Trinajstić information content (AvgIpc) is 2.93. The summed E-state index contributed by atoms with van der Waals surface area (Å²) in [5.74, 6) is 1.18. The van der Waals surface area contributed by atoms with Crippen molar-refractivity contribution in [1.82, 2.24) is 15.1 Å². The third-order valence-corrected chi connectivity index (χ3v) is 4.86. The number of likely N-dealkylation sites (N-methyl/N-ethyl adjacent to an activating group) is 1. The molecule has 2 aliphatic heterocycles. The van der Waals surface area contributed by atoms with Crippen LogP contribution in [0.5, 0.6) is 5.75 Å². The van der Waals surface area contributed by atoms with Gasteiger partial charge in [0.15, 0.2) is 0 Å². The van der Waals surface area contributed by atoms with Gasteiger partial charge in [-0.1, -0.05) is 32.0 Å². The molecule has 6 nitrogen and oxygen atoms in total. The molecule has 0 aromatic heterocycles. The number of hydrogen-bond donors (Lipinski definition) is 1. The molecule has 1 aromatic carbocycles. The van der Waals surface area contributed by atoms with Crippen LogP contribution in [0.25, 0.3) is 0 Å². The Labute approximate surface area is 148 Å². The first kappa shape index (κ1) is 17.3. The van der Waals surface area contributed by atoms with Crippen molar-refractivity contribution in [3.05, 3.63) is 41.1 Å². The molecule has 0 fully saturated rings. The number of carbonyl (C=O) groups excluding carboxylic acids is 2. The molecule has 1 N–H and O–H groups in total. The van der Waals surface area contributed by atoms with Gasteiger partial charge in [-0.05, 0) is 18.4 Å². The van der Waals surface area contributed by atoms with Gasteiger partial charge in [0.05, 0.1) is 31.0 Å². The molecule has 25 heavy (non-hydrogen) atoms. The third kappa shape index (κ3) is 3.08. The molecule has 2 aliphatic rings. The molecule has 0 bridgehead atoms. The van der Waals surface area contributed by atoms with E-state index in [0.717, 1.165) is 17.7 Å². The summed E-state index contributed by atoms with van der Waals surface area (Å²) in [6.45, 7) is 5.46. The smallest absolute Gasteiger partial charge is 0.322 e. The highest BCUT2D eigenvalue weighted by molar-refractivity contribution is 6.01. The Morgan fingerprint density at radius 3 is 2.68 bits per heavy atom. The zero-order valence-electron chi connectivity index (χ0n) is 15.2. The second-order valence-electron chi connectivity index (χ2n) is 6.95. The van der Waals surface area contributed by atoms with Crippen molar-refractivity contribution >= 4 is 11.9 Å². The van der Waals surface area contributed by atoms with Gasteiger partial charge in [0.2, 0.25) is 0 Å². The van der Waals surface area contributed by atoms with Gasteiger partial charge in [-0.25, -0.2) is 4.79 Å². The van der Waals surface area contributed by atoms with Gasteiger partial charge in [-0.2, -0.15) is 0 Å². The zero-order valence-corrected chi connectivity index (χ0v) is 15.2. The van der Waals surface area contributed by atoms with E-state index in [-0.39, 0.29) is 11.9 Å². The maximum Gasteiger partial charge on any atom is 0.322 e. The molecule has 0 aliphatic carbocycles. The van der Waals surface area contributed by atoms with Crippen LogP contribution < -0.4 is 10.1 Å². The predicted molar refractivity (Wildman–Crippen MR) is 95.1 cm³/mol. The van der Waals surface area contributed by atoms with E-state index in [1.807, 2.05) is 29.2 Å². The minimum Gasteiger partial charge on any atom is -0.496 e. The van der Waals surface area contributed by atoms with E-state index in [0.29, 0.717) is 30.3 Å². The fraction of sp³-hybridized carbons (Fsp3) is 0.474. The molecule has 0 saturated carbocycles. The average molecular weight is 343 g/mol. The van der Waals surface area contributed by atoms with Crippen LogP contribution in [-0.2, 0) is 4.79 Å². The Morgan fingerprint density at radius 1 is 1.28 bits per heavy atom. The maximum atomic E-state index is 13.0. The summed E-state index contributed by atoms with van der Waals surface area (Å²) in [4.78, 5) is 28.8. The van der Waals surface area contributed by atoms with Crippen molar-refractivity contribution in [2.45, 2.75) is 26.3 Å². The number of methoxy groups -OCH3 is 1. The number of nitrogens with zero attached hydrogens (tertiary/aromatic N) is 2. The number of amides is 3. The van der Waals surface area contributed by atoms with E-state index < -0.39 is 6.04 Å². The molecule has 0 radical (unpaired) electrons. The van der Waals surface area contributed by atoms with Gasteiger partial charge in [0.25, 0.3) is 5.91 Å². The molecular formula is C19H25N3O3. The van der Waals surface area contributed by atoms with Crippen molar-refractivity contribution in [3.8, 4) is 5.75 Å². The highest BCUT2D eigenvalue weighted by atomic mass is 16.5. The van der Waals surface area contributed by atoms with E-state index in [1.165, 1.54) is 0 Å². The van der Waals surface area contributed by atoms with Gasteiger partial charge in [0, 0.05) is 19.2 Å². The lowest BCUT2D eigenvalue weighted by Crippen LogP contribution is -2.45. The first-order valence-corrected chi connectivity index (χ1v) is 8.63. The first-order valence-electron chi connectivity index (χ1n) is 8.63. The van der Waals surface area contributed by atoms with Crippen LogP contribution in [0.4, 0.5) is 4.79 Å². The summed E-state index contributed by atoms with van der Waals surface area (Å²) in [6, 6.07) is 6.82. The SMILES string of the molecule is COc1ccccc1C1NC(=O)N(C)C2=C1C(=O)N(CCC(C)C)C2. The number of carbonyl (C=O) groups is 2. The monoisotopic (exact) mass is 343 g/mol. The van der Waals surface area contributed by atoms with Gasteiger partial charge < -0.3 is 15.0 Å². The maximum absolute atomic E-state index is 13.0. The van der Waals surface area contributed by atoms with Crippen molar-refractivity contribution in [2.24, 2.45) is 5.92 Å². The second kappa shape index (κ2) is 6.78. The molecule has 6 heteroatoms. The van der Waals surface area contributed by atoms with E-state index >= 15 is 0 Å². The largest absolute Gasteiger partial charge is 0.496 e. The highest BCUT2D eigenvalue weighted by Gasteiger charge is 2.43. The summed E-state index contributed by atoms with van der Waals surface area (Å²) < 4.78 is 5.44. The molecule has 134 valence electrons. The number of nitrogens with one attached hydrogen (secondary N) is 1. The van der Waals surface area contributed by atoms with Crippen LogP contribution in [0, 0.1) is 5.92 Å². The minimum absolute atomic E-state index is 0.00148. The summed E-state index contributed by atoms with van der Waals surface area (Å²) in [7, 11) is 3.30. The van der Waals surface area contributed by atoms with Crippen molar-refractivity contribution in [1.29, 1.82) is 0 Å². The topological polar surface area (TPSA) is 61.9 Å². The molecule has 1 aromatic rings. The normalized spacial score (nSPS) is 20.3. The van der Waals surface area contributed by atoms with Crippen LogP contribution in [0.1, 0.15) is 31.9 Å². The van der Waals surface area contributed by atoms with Crippen LogP contribution in [0.3, 0.4) is 0 Å². The molecule has 0 saturated heterocycles. The van der Waals surface area contributed by atoms with Crippen LogP contribution in [0.15, 0.2) is 35.5 Å². The fourth-order valence-electron chi connectivity index (χ4n) is 3.36. The summed E-state index contributed by atoms with van der Waals surface area (Å²) in [5.41, 5.74) is 2.24. The lowest BCUT2D eigenvalue weighted by atomic mass is 9.95. The van der Waals surface area contributed by atoms with Gasteiger partial charge in [-0.3, -0.25) is 9.69 Å². The van der Waals surface area contributed by atoms with E-state index in [9.17, 15) is 9.59 Å². The van der Waals surface area contributed by atoms with Gasteiger partial charge in [0.1, 0.15) is 5.75 Å². The Kier molecular flexibility index (Phi) is 4.70. The second-order valence-corrected chi connectivity index (χ2v) is 6.95. The first-order chi connectivity index (χ1) is 11.9. The number of benzene rings is 1. The molecule has 3 rings (SSSR count). The van der Waals surface area contributed by atoms with Crippen molar-refractivity contribution in [2.75, 3.05) is 27.2 Å². The molecular weight excluding hydrogens is 318 g/mol. The van der Waals surface area contributed by atoms with E-state index in [1.54, 1.807) is 19.1 Å². The summed E-state index contributed by atoms with van der Waals surface area (Å²) in [5, 5.41) is 2.95. The van der Waals surface area contributed by atoms with Crippen LogP contribution in [0.2, 0.25) is 0 Å². The molecule has 0 spiro atoms. The lowest BCUT2D eigenvalue weighted by Gasteiger charge is -2.31. The Bertz CT molecular complexity index is 726. The van der Waals surface area contributed by atoms with Gasteiger partial charge >= 0.3 is 6.03 Å². The van der Waals surface area contributed by atoms with Crippen molar-refractivity contribution < 1.29 is 14.3 Å². The Morgan fingerprint density at radius 2 is 2.00 bits per heavy atom. The van der Waals surface area contributed by atoms with Crippen LogP contribution in [-0.4, -0.2) is 49.0 Å². The summed E-state index contributed by atoms with van der Waals surface area (Å²) >= 11 is 0. The Hall–Kier alpha value is -2.50. The minimum atomic E-state index is -0.480. The van der Waals surface area contributed by atoms with Crippen LogP contribution >= 0.6 is 0 Å². The van der Waals surface area contributed by atoms with E-state index in [4.69, 9.17) is 4.74 Å². The van der Waals surface area contributed by atoms with E-state index in [2.05, 4.69) is 19.2 Å². The molecule has 2 heterocycles. The Balaban J connectivity index is 1.97. The number of rotatable bonds is 5. The number of hydrogen-bond acceptors (Lipinski definition) is 3. The predicted octanol–water partition coefficient (Wildman–Crippen LogP) is 2.53. The number of urea groups is 1.